The van der Waals surface area contributed by atoms with E-state index in [0.29, 0.717) is 12.2 Å². The minimum atomic E-state index is -0.603. The van der Waals surface area contributed by atoms with Crippen molar-refractivity contribution in [2.24, 2.45) is 0 Å². The zero-order chi connectivity index (χ0) is 15.4. The highest BCUT2D eigenvalue weighted by atomic mass is 16.6. The fraction of sp³-hybridized carbons (Fsp3) is 0.286. The molecule has 110 valence electrons. The van der Waals surface area contributed by atoms with Gasteiger partial charge < -0.3 is 5.32 Å². The number of aromatic nitrogens is 2. The first-order valence-electron chi connectivity index (χ1n) is 6.67. The summed E-state index contributed by atoms with van der Waals surface area (Å²) in [7, 11) is 0. The lowest BCUT2D eigenvalue weighted by Crippen LogP contribution is -2.14. The fourth-order valence-corrected chi connectivity index (χ4v) is 1.88. The van der Waals surface area contributed by atoms with E-state index in [1.165, 1.54) is 10.9 Å². The molecule has 0 aliphatic rings. The molecule has 0 saturated heterocycles. The summed E-state index contributed by atoms with van der Waals surface area (Å²) in [6, 6.07) is 7.32. The summed E-state index contributed by atoms with van der Waals surface area (Å²) >= 11 is 0. The molecule has 1 N–H and O–H groups in total. The maximum absolute atomic E-state index is 12.1. The van der Waals surface area contributed by atoms with Gasteiger partial charge in [-0.1, -0.05) is 19.1 Å². The second-order valence-corrected chi connectivity index (χ2v) is 4.48. The number of carbonyl (C=O) groups excluding carboxylic acids is 1. The average molecular weight is 288 g/mol. The topological polar surface area (TPSA) is 90.1 Å². The van der Waals surface area contributed by atoms with Crippen molar-refractivity contribution in [3.63, 3.8) is 0 Å². The molecule has 0 spiro atoms. The van der Waals surface area contributed by atoms with Crippen molar-refractivity contribution in [2.45, 2.75) is 26.8 Å². The molecule has 0 aliphatic heterocycles. The molecular formula is C14H16N4O3. The van der Waals surface area contributed by atoms with Crippen LogP contribution in [0.1, 0.15) is 29.9 Å². The minimum absolute atomic E-state index is 0.179. The third kappa shape index (κ3) is 3.25. The van der Waals surface area contributed by atoms with Gasteiger partial charge in [-0.15, -0.1) is 0 Å². The molecule has 1 amide bonds. The molecular weight excluding hydrogens is 272 g/mol. The molecule has 7 nitrogen and oxygen atoms in total. The van der Waals surface area contributed by atoms with Crippen LogP contribution in [-0.2, 0) is 13.0 Å². The number of nitro groups is 1. The zero-order valence-electron chi connectivity index (χ0n) is 11.9. The fourth-order valence-electron chi connectivity index (χ4n) is 1.88. The van der Waals surface area contributed by atoms with Gasteiger partial charge in [-0.25, -0.2) is 0 Å². The summed E-state index contributed by atoms with van der Waals surface area (Å²) < 4.78 is 1.37. The molecule has 0 atom stereocenters. The molecule has 1 heterocycles. The minimum Gasteiger partial charge on any atom is -0.320 e. The summed E-state index contributed by atoms with van der Waals surface area (Å²) in [4.78, 5) is 22.5. The Morgan fingerprint density at radius 1 is 1.33 bits per heavy atom. The lowest BCUT2D eigenvalue weighted by atomic mass is 10.1. The summed E-state index contributed by atoms with van der Waals surface area (Å²) in [5, 5.41) is 17.5. The molecule has 2 aromatic rings. The first kappa shape index (κ1) is 14.7. The molecule has 0 fully saturated rings. The van der Waals surface area contributed by atoms with E-state index in [1.807, 2.05) is 19.1 Å². The predicted octanol–water partition coefficient (Wildman–Crippen LogP) is 2.63. The van der Waals surface area contributed by atoms with Crippen LogP contribution in [0.15, 0.2) is 30.5 Å². The van der Waals surface area contributed by atoms with Crippen molar-refractivity contribution >= 4 is 17.3 Å². The van der Waals surface area contributed by atoms with Crippen LogP contribution in [0.5, 0.6) is 0 Å². The van der Waals surface area contributed by atoms with Gasteiger partial charge in [0.1, 0.15) is 6.20 Å². The Morgan fingerprint density at radius 3 is 2.52 bits per heavy atom. The van der Waals surface area contributed by atoms with E-state index in [0.717, 1.165) is 12.0 Å². The van der Waals surface area contributed by atoms with E-state index in [2.05, 4.69) is 10.4 Å². The molecule has 0 bridgehead atoms. The van der Waals surface area contributed by atoms with Gasteiger partial charge in [0.15, 0.2) is 0 Å². The second kappa shape index (κ2) is 6.17. The highest BCUT2D eigenvalue weighted by Gasteiger charge is 2.25. The number of aryl methyl sites for hydroxylation is 2. The molecule has 2 rings (SSSR count). The van der Waals surface area contributed by atoms with E-state index in [1.54, 1.807) is 19.1 Å². The van der Waals surface area contributed by atoms with E-state index in [-0.39, 0.29) is 11.4 Å². The first-order chi connectivity index (χ1) is 10.0. The summed E-state index contributed by atoms with van der Waals surface area (Å²) in [5.74, 6) is -0.585. The number of benzene rings is 1. The van der Waals surface area contributed by atoms with Gasteiger partial charge in [0, 0.05) is 12.2 Å². The number of hydrogen-bond donors (Lipinski definition) is 1. The number of nitrogens with zero attached hydrogens (tertiary/aromatic N) is 3. The zero-order valence-corrected chi connectivity index (χ0v) is 11.9. The molecule has 1 aromatic heterocycles. The Balaban J connectivity index is 2.23. The van der Waals surface area contributed by atoms with Crippen LogP contribution in [-0.4, -0.2) is 20.6 Å². The van der Waals surface area contributed by atoms with Crippen molar-refractivity contribution in [1.82, 2.24) is 9.78 Å². The largest absolute Gasteiger partial charge is 0.320 e. The summed E-state index contributed by atoms with van der Waals surface area (Å²) in [6.45, 7) is 4.29. The van der Waals surface area contributed by atoms with E-state index < -0.39 is 10.8 Å². The molecule has 21 heavy (non-hydrogen) atoms. The lowest BCUT2D eigenvalue weighted by Gasteiger charge is -2.04. The highest BCUT2D eigenvalue weighted by molar-refractivity contribution is 6.05. The monoisotopic (exact) mass is 288 g/mol. The summed E-state index contributed by atoms with van der Waals surface area (Å²) in [6.07, 6.45) is 2.16. The smallest absolute Gasteiger partial charge is 0.320 e. The first-order valence-corrected chi connectivity index (χ1v) is 6.67. The van der Waals surface area contributed by atoms with Crippen LogP contribution in [0.2, 0.25) is 0 Å². The maximum atomic E-state index is 12.1. The van der Waals surface area contributed by atoms with Gasteiger partial charge in [0.25, 0.3) is 5.91 Å². The summed E-state index contributed by atoms with van der Waals surface area (Å²) in [5.41, 5.74) is 1.26. The Labute approximate surface area is 121 Å². The molecule has 0 saturated carbocycles. The maximum Gasteiger partial charge on any atom is 0.320 e. The Hall–Kier alpha value is -2.70. The van der Waals surface area contributed by atoms with Gasteiger partial charge in [0.05, 0.1) is 4.92 Å². The van der Waals surface area contributed by atoms with Gasteiger partial charge >= 0.3 is 5.69 Å². The van der Waals surface area contributed by atoms with Crippen LogP contribution >= 0.6 is 0 Å². The number of anilines is 1. The van der Waals surface area contributed by atoms with Crippen molar-refractivity contribution in [2.75, 3.05) is 5.32 Å². The number of carbonyl (C=O) groups is 1. The molecule has 7 heteroatoms. The van der Waals surface area contributed by atoms with Crippen LogP contribution in [0.3, 0.4) is 0 Å². The number of amides is 1. The SMILES string of the molecule is CCc1ccc(NC(=O)c2nn(CC)cc2[N+](=O)[O-])cc1. The molecule has 1 aromatic carbocycles. The Morgan fingerprint density at radius 2 is 2.00 bits per heavy atom. The molecule has 0 unspecified atom stereocenters. The van der Waals surface area contributed by atoms with Crippen molar-refractivity contribution in [1.29, 1.82) is 0 Å². The van der Waals surface area contributed by atoms with E-state index >= 15 is 0 Å². The van der Waals surface area contributed by atoms with Crippen LogP contribution < -0.4 is 5.32 Å². The Kier molecular flexibility index (Phi) is 4.32. The van der Waals surface area contributed by atoms with Gasteiger partial charge in [0.2, 0.25) is 5.69 Å². The highest BCUT2D eigenvalue weighted by Crippen LogP contribution is 2.19. The van der Waals surface area contributed by atoms with E-state index in [4.69, 9.17) is 0 Å². The van der Waals surface area contributed by atoms with Crippen LogP contribution in [0.4, 0.5) is 11.4 Å². The quantitative estimate of drug-likeness (QED) is 0.676. The van der Waals surface area contributed by atoms with Crippen molar-refractivity contribution in [3.05, 3.63) is 51.8 Å². The predicted molar refractivity (Wildman–Crippen MR) is 78.3 cm³/mol. The normalized spacial score (nSPS) is 10.4. The molecule has 0 aliphatic carbocycles. The number of rotatable bonds is 5. The van der Waals surface area contributed by atoms with Crippen LogP contribution in [0, 0.1) is 10.1 Å². The lowest BCUT2D eigenvalue weighted by molar-refractivity contribution is -0.385. The van der Waals surface area contributed by atoms with Crippen LogP contribution in [0.25, 0.3) is 0 Å². The van der Waals surface area contributed by atoms with E-state index in [9.17, 15) is 14.9 Å². The number of nitrogens with one attached hydrogen (secondary N) is 1. The second-order valence-electron chi connectivity index (χ2n) is 4.48. The van der Waals surface area contributed by atoms with Gasteiger partial charge in [-0.05, 0) is 31.0 Å². The van der Waals surface area contributed by atoms with Gasteiger partial charge in [-0.3, -0.25) is 19.6 Å². The molecule has 0 radical (unpaired) electrons. The third-order valence-electron chi connectivity index (χ3n) is 3.10. The number of hydrogen-bond acceptors (Lipinski definition) is 4. The van der Waals surface area contributed by atoms with Crippen molar-refractivity contribution in [3.8, 4) is 0 Å². The van der Waals surface area contributed by atoms with Crippen molar-refractivity contribution < 1.29 is 9.72 Å². The Bertz CT molecular complexity index is 661. The van der Waals surface area contributed by atoms with Gasteiger partial charge in [-0.2, -0.15) is 5.10 Å². The third-order valence-corrected chi connectivity index (χ3v) is 3.10. The standard InChI is InChI=1S/C14H16N4O3/c1-3-10-5-7-11(8-6-10)15-14(19)13-12(18(20)21)9-17(4-2)16-13/h5-9H,3-4H2,1-2H3,(H,15,19). The average Bonchev–Trinajstić information content (AvgIpc) is 2.92.